The van der Waals surface area contributed by atoms with Gasteiger partial charge >= 0.3 is 11.9 Å². The molecule has 6 heteroatoms. The van der Waals surface area contributed by atoms with Crippen LogP contribution in [0.5, 0.6) is 0 Å². The molecule has 1 heterocycles. The van der Waals surface area contributed by atoms with Crippen molar-refractivity contribution in [1.82, 2.24) is 0 Å². The Bertz CT molecular complexity index is 325. The van der Waals surface area contributed by atoms with Gasteiger partial charge in [0.05, 0.1) is 23.0 Å². The molecule has 4 nitrogen and oxygen atoms in total. The Morgan fingerprint density at radius 1 is 1.24 bits per heavy atom. The van der Waals surface area contributed by atoms with Crippen LogP contribution >= 0.6 is 23.5 Å². The highest BCUT2D eigenvalue weighted by Gasteiger charge is 2.52. The van der Waals surface area contributed by atoms with E-state index in [9.17, 15) is 14.7 Å². The van der Waals surface area contributed by atoms with Crippen LogP contribution < -0.4 is 0 Å². The van der Waals surface area contributed by atoms with Gasteiger partial charge in [0.1, 0.15) is 0 Å². The van der Waals surface area contributed by atoms with Crippen LogP contribution in [-0.2, 0) is 14.3 Å². The first kappa shape index (κ1) is 13.1. The van der Waals surface area contributed by atoms with Gasteiger partial charge in [0.15, 0.2) is 0 Å². The van der Waals surface area contributed by atoms with Crippen molar-refractivity contribution < 1.29 is 19.4 Å². The fourth-order valence-corrected chi connectivity index (χ4v) is 6.08. The summed E-state index contributed by atoms with van der Waals surface area (Å²) in [5.74, 6) is -0.179. The highest BCUT2D eigenvalue weighted by atomic mass is 32.2. The maximum Gasteiger partial charge on any atom is 0.309 e. The Kier molecular flexibility index (Phi) is 3.92. The molecule has 0 bridgehead atoms. The lowest BCUT2D eigenvalue weighted by Gasteiger charge is -2.32. The molecule has 1 saturated carbocycles. The Morgan fingerprint density at radius 2 is 1.82 bits per heavy atom. The van der Waals surface area contributed by atoms with Crippen molar-refractivity contribution in [1.29, 1.82) is 0 Å². The summed E-state index contributed by atoms with van der Waals surface area (Å²) in [5.41, 5.74) is 0. The topological polar surface area (TPSA) is 63.6 Å². The number of methoxy groups -OCH3 is 1. The van der Waals surface area contributed by atoms with Crippen LogP contribution in [0.25, 0.3) is 0 Å². The van der Waals surface area contributed by atoms with E-state index in [1.54, 1.807) is 0 Å². The lowest BCUT2D eigenvalue weighted by molar-refractivity contribution is -0.154. The fraction of sp³-hybridized carbons (Fsp3) is 0.818. The first-order valence-electron chi connectivity index (χ1n) is 5.66. The van der Waals surface area contributed by atoms with Crippen LogP contribution in [0, 0.1) is 11.8 Å². The second-order valence-electron chi connectivity index (χ2n) is 4.44. The summed E-state index contributed by atoms with van der Waals surface area (Å²) in [6.45, 7) is 0. The average Bonchev–Trinajstić information content (AvgIpc) is 2.69. The van der Waals surface area contributed by atoms with Crippen molar-refractivity contribution in [3.8, 4) is 0 Å². The van der Waals surface area contributed by atoms with Gasteiger partial charge < -0.3 is 9.84 Å². The number of carbonyl (C=O) groups is 2. The monoisotopic (exact) mass is 276 g/mol. The molecular weight excluding hydrogens is 260 g/mol. The number of hydrogen-bond acceptors (Lipinski definition) is 5. The van der Waals surface area contributed by atoms with Crippen LogP contribution in [0.15, 0.2) is 0 Å². The Balaban J connectivity index is 2.15. The van der Waals surface area contributed by atoms with E-state index in [-0.39, 0.29) is 10.0 Å². The molecule has 17 heavy (non-hydrogen) atoms. The first-order valence-corrected chi connectivity index (χ1v) is 7.64. The van der Waals surface area contributed by atoms with E-state index < -0.39 is 17.8 Å². The standard InChI is InChI=1S/C11H16O4S2/c1-15-10(14)8-6-11(5-7(8)9(12)13)16-3-2-4-17-11/h7-8H,2-6H2,1H3,(H,12,13)/t7-,8-/m1/s1. The van der Waals surface area contributed by atoms with Gasteiger partial charge in [0.2, 0.25) is 0 Å². The Labute approximate surface area is 109 Å². The van der Waals surface area contributed by atoms with Crippen LogP contribution in [0.2, 0.25) is 0 Å². The minimum Gasteiger partial charge on any atom is -0.481 e. The van der Waals surface area contributed by atoms with Gasteiger partial charge in [-0.15, -0.1) is 23.5 Å². The number of thioether (sulfide) groups is 2. The Morgan fingerprint density at radius 3 is 2.35 bits per heavy atom. The molecule has 1 aliphatic carbocycles. The third kappa shape index (κ3) is 2.57. The molecule has 2 fully saturated rings. The smallest absolute Gasteiger partial charge is 0.309 e. The zero-order valence-electron chi connectivity index (χ0n) is 9.68. The number of ether oxygens (including phenoxy) is 1. The van der Waals surface area contributed by atoms with E-state index in [1.165, 1.54) is 7.11 Å². The highest BCUT2D eigenvalue weighted by molar-refractivity contribution is 8.18. The quantitative estimate of drug-likeness (QED) is 0.776. The third-order valence-electron chi connectivity index (χ3n) is 3.39. The minimum absolute atomic E-state index is 0.0693. The summed E-state index contributed by atoms with van der Waals surface area (Å²) in [7, 11) is 1.33. The van der Waals surface area contributed by atoms with Crippen molar-refractivity contribution >= 4 is 35.5 Å². The van der Waals surface area contributed by atoms with Crippen LogP contribution in [0.1, 0.15) is 19.3 Å². The maximum absolute atomic E-state index is 11.7. The van der Waals surface area contributed by atoms with E-state index in [2.05, 4.69) is 0 Å². The van der Waals surface area contributed by atoms with Crippen molar-refractivity contribution in [2.45, 2.75) is 23.3 Å². The maximum atomic E-state index is 11.7. The average molecular weight is 276 g/mol. The van der Waals surface area contributed by atoms with E-state index in [1.807, 2.05) is 23.5 Å². The molecule has 2 atom stereocenters. The number of esters is 1. The molecule has 0 unspecified atom stereocenters. The fourth-order valence-electron chi connectivity index (χ4n) is 2.55. The molecule has 1 aliphatic heterocycles. The molecule has 1 saturated heterocycles. The summed E-state index contributed by atoms with van der Waals surface area (Å²) in [5, 5.41) is 9.22. The largest absolute Gasteiger partial charge is 0.481 e. The van der Waals surface area contributed by atoms with Crippen LogP contribution in [0.3, 0.4) is 0 Å². The molecule has 0 aromatic carbocycles. The SMILES string of the molecule is COC(=O)[C@@H]1CC2(C[C@H]1C(=O)O)SCCCS2. The van der Waals surface area contributed by atoms with Gasteiger partial charge in [-0.25, -0.2) is 0 Å². The summed E-state index contributed by atoms with van der Waals surface area (Å²) >= 11 is 3.64. The molecule has 0 aromatic heterocycles. The molecule has 0 aromatic rings. The van der Waals surface area contributed by atoms with Gasteiger partial charge in [-0.1, -0.05) is 0 Å². The van der Waals surface area contributed by atoms with Crippen molar-refractivity contribution in [2.24, 2.45) is 11.8 Å². The second-order valence-corrected chi connectivity index (χ2v) is 7.66. The normalized spacial score (nSPS) is 31.4. The van der Waals surface area contributed by atoms with Crippen molar-refractivity contribution in [3.63, 3.8) is 0 Å². The van der Waals surface area contributed by atoms with Crippen LogP contribution in [0.4, 0.5) is 0 Å². The second kappa shape index (κ2) is 5.10. The molecule has 1 N–H and O–H groups in total. The first-order chi connectivity index (χ1) is 8.08. The molecule has 0 radical (unpaired) electrons. The van der Waals surface area contributed by atoms with E-state index >= 15 is 0 Å². The third-order valence-corrected chi connectivity index (χ3v) is 6.80. The predicted octanol–water partition coefficient (Wildman–Crippen LogP) is 1.84. The molecular formula is C11H16O4S2. The lowest BCUT2D eigenvalue weighted by atomic mass is 9.97. The molecule has 0 amide bonds. The number of carboxylic acid groups (broad SMARTS) is 1. The Hall–Kier alpha value is -0.360. The highest BCUT2D eigenvalue weighted by Crippen LogP contribution is 2.56. The summed E-state index contributed by atoms with van der Waals surface area (Å²) < 4.78 is 4.66. The van der Waals surface area contributed by atoms with Gasteiger partial charge in [0.25, 0.3) is 0 Å². The number of rotatable bonds is 2. The number of aliphatic carboxylic acids is 1. The lowest BCUT2D eigenvalue weighted by Crippen LogP contribution is -2.26. The van der Waals surface area contributed by atoms with Gasteiger partial charge in [0, 0.05) is 0 Å². The van der Waals surface area contributed by atoms with Crippen LogP contribution in [-0.4, -0.2) is 39.7 Å². The number of hydrogen-bond donors (Lipinski definition) is 1. The zero-order chi connectivity index (χ0) is 12.5. The number of carboxylic acids is 1. The van der Waals surface area contributed by atoms with Crippen molar-refractivity contribution in [2.75, 3.05) is 18.6 Å². The predicted molar refractivity (Wildman–Crippen MR) is 68.1 cm³/mol. The minimum atomic E-state index is -0.871. The summed E-state index contributed by atoms with van der Waals surface area (Å²) in [6, 6.07) is 0. The van der Waals surface area contributed by atoms with Crippen molar-refractivity contribution in [3.05, 3.63) is 0 Å². The summed E-state index contributed by atoms with van der Waals surface area (Å²) in [4.78, 5) is 22.9. The van der Waals surface area contributed by atoms with Gasteiger partial charge in [-0.2, -0.15) is 0 Å². The summed E-state index contributed by atoms with van der Waals surface area (Å²) in [6.07, 6.45) is 2.38. The van der Waals surface area contributed by atoms with E-state index in [0.717, 1.165) is 17.9 Å². The van der Waals surface area contributed by atoms with E-state index in [4.69, 9.17) is 4.74 Å². The van der Waals surface area contributed by atoms with E-state index in [0.29, 0.717) is 12.8 Å². The molecule has 96 valence electrons. The molecule has 2 rings (SSSR count). The molecule has 2 aliphatic rings. The zero-order valence-corrected chi connectivity index (χ0v) is 11.3. The molecule has 1 spiro atoms. The van der Waals surface area contributed by atoms with Gasteiger partial charge in [-0.05, 0) is 30.8 Å². The number of carbonyl (C=O) groups excluding carboxylic acids is 1. The van der Waals surface area contributed by atoms with Gasteiger partial charge in [-0.3, -0.25) is 9.59 Å².